The average Bonchev–Trinajstić information content (AvgIpc) is 2.92. The molecular weight excluding hydrogens is 264 g/mol. The lowest BCUT2D eigenvalue weighted by Gasteiger charge is -2.22. The van der Waals surface area contributed by atoms with Crippen molar-refractivity contribution in [3.63, 3.8) is 0 Å². The van der Waals surface area contributed by atoms with E-state index in [-0.39, 0.29) is 17.8 Å². The Bertz CT molecular complexity index is 606. The maximum Gasteiger partial charge on any atom is 0.230 e. The first-order valence-corrected chi connectivity index (χ1v) is 6.68. The topological polar surface area (TPSA) is 64.9 Å². The van der Waals surface area contributed by atoms with Crippen LogP contribution in [0.3, 0.4) is 0 Å². The zero-order chi connectivity index (χ0) is 14.1. The van der Waals surface area contributed by atoms with Crippen molar-refractivity contribution < 1.29 is 13.3 Å². The molecule has 0 amide bonds. The van der Waals surface area contributed by atoms with E-state index in [1.54, 1.807) is 0 Å². The fourth-order valence-corrected chi connectivity index (χ4v) is 2.52. The van der Waals surface area contributed by atoms with Crippen molar-refractivity contribution in [2.75, 3.05) is 0 Å². The summed E-state index contributed by atoms with van der Waals surface area (Å²) in [5.41, 5.74) is 6.27. The largest absolute Gasteiger partial charge is 0.339 e. The van der Waals surface area contributed by atoms with Gasteiger partial charge in [-0.25, -0.2) is 8.78 Å². The summed E-state index contributed by atoms with van der Waals surface area (Å²) in [5, 5.41) is 3.84. The second kappa shape index (κ2) is 5.28. The Hall–Kier alpha value is -1.82. The van der Waals surface area contributed by atoms with Crippen LogP contribution in [0.25, 0.3) is 11.4 Å². The average molecular weight is 279 g/mol. The van der Waals surface area contributed by atoms with Crippen LogP contribution in [-0.4, -0.2) is 16.2 Å². The number of hydrogen-bond donors (Lipinski definition) is 1. The van der Waals surface area contributed by atoms with Crippen molar-refractivity contribution in [2.24, 2.45) is 5.73 Å². The number of aromatic nitrogens is 2. The van der Waals surface area contributed by atoms with Gasteiger partial charge in [-0.15, -0.1) is 0 Å². The summed E-state index contributed by atoms with van der Waals surface area (Å²) < 4.78 is 31.3. The zero-order valence-corrected chi connectivity index (χ0v) is 10.9. The highest BCUT2D eigenvalue weighted by atomic mass is 19.2. The lowest BCUT2D eigenvalue weighted by Crippen LogP contribution is -2.25. The molecule has 2 N–H and O–H groups in total. The second-order valence-corrected chi connectivity index (χ2v) is 5.20. The third-order valence-corrected chi connectivity index (χ3v) is 3.74. The van der Waals surface area contributed by atoms with Crippen LogP contribution in [0, 0.1) is 11.6 Å². The van der Waals surface area contributed by atoms with Crippen molar-refractivity contribution >= 4 is 0 Å². The molecule has 0 bridgehead atoms. The van der Waals surface area contributed by atoms with Gasteiger partial charge in [-0.05, 0) is 43.9 Å². The van der Waals surface area contributed by atoms with Crippen LogP contribution >= 0.6 is 0 Å². The van der Waals surface area contributed by atoms with Gasteiger partial charge in [0.25, 0.3) is 0 Å². The molecule has 0 saturated heterocycles. The standard InChI is InChI=1S/C14H15F2N3O/c15-11-6-3-9(7-12(11)16)13-18-14(20-19-13)8-1-4-10(17)5-2-8/h3,6-8,10H,1-2,4-5,17H2. The molecule has 1 aromatic heterocycles. The number of halogens is 2. The van der Waals surface area contributed by atoms with E-state index in [4.69, 9.17) is 10.3 Å². The van der Waals surface area contributed by atoms with Gasteiger partial charge >= 0.3 is 0 Å². The normalized spacial score (nSPS) is 22.9. The predicted molar refractivity (Wildman–Crippen MR) is 68.8 cm³/mol. The molecule has 4 nitrogen and oxygen atoms in total. The van der Waals surface area contributed by atoms with Crippen LogP contribution in [0.15, 0.2) is 22.7 Å². The number of nitrogens with zero attached hydrogens (tertiary/aromatic N) is 2. The van der Waals surface area contributed by atoms with Gasteiger partial charge in [-0.3, -0.25) is 0 Å². The van der Waals surface area contributed by atoms with Gasteiger partial charge in [0.2, 0.25) is 11.7 Å². The molecular formula is C14H15F2N3O. The molecule has 1 heterocycles. The highest BCUT2D eigenvalue weighted by molar-refractivity contribution is 5.54. The Morgan fingerprint density at radius 1 is 1.10 bits per heavy atom. The number of rotatable bonds is 2. The number of nitrogens with two attached hydrogens (primary N) is 1. The van der Waals surface area contributed by atoms with Crippen LogP contribution in [-0.2, 0) is 0 Å². The van der Waals surface area contributed by atoms with Crippen LogP contribution in [0.4, 0.5) is 8.78 Å². The van der Waals surface area contributed by atoms with Gasteiger partial charge in [0.1, 0.15) is 0 Å². The first-order valence-electron chi connectivity index (χ1n) is 6.68. The molecule has 20 heavy (non-hydrogen) atoms. The molecule has 3 rings (SSSR count). The summed E-state index contributed by atoms with van der Waals surface area (Å²) in [7, 11) is 0. The zero-order valence-electron chi connectivity index (χ0n) is 10.9. The first-order chi connectivity index (χ1) is 9.63. The van der Waals surface area contributed by atoms with E-state index in [0.717, 1.165) is 37.8 Å². The third-order valence-electron chi connectivity index (χ3n) is 3.74. The van der Waals surface area contributed by atoms with Crippen molar-refractivity contribution in [2.45, 2.75) is 37.6 Å². The van der Waals surface area contributed by atoms with E-state index in [2.05, 4.69) is 10.1 Å². The van der Waals surface area contributed by atoms with E-state index in [0.29, 0.717) is 11.5 Å². The highest BCUT2D eigenvalue weighted by Crippen LogP contribution is 2.32. The van der Waals surface area contributed by atoms with Gasteiger partial charge < -0.3 is 10.3 Å². The third kappa shape index (κ3) is 2.56. The molecule has 6 heteroatoms. The smallest absolute Gasteiger partial charge is 0.230 e. The Balaban J connectivity index is 1.81. The Morgan fingerprint density at radius 3 is 2.55 bits per heavy atom. The van der Waals surface area contributed by atoms with E-state index in [1.165, 1.54) is 6.07 Å². The number of hydrogen-bond acceptors (Lipinski definition) is 4. The van der Waals surface area contributed by atoms with E-state index in [1.807, 2.05) is 0 Å². The van der Waals surface area contributed by atoms with Gasteiger partial charge in [0.15, 0.2) is 11.6 Å². The fourth-order valence-electron chi connectivity index (χ4n) is 2.52. The summed E-state index contributed by atoms with van der Waals surface area (Å²) in [6.45, 7) is 0. The molecule has 1 aromatic carbocycles. The van der Waals surface area contributed by atoms with Gasteiger partial charge in [-0.2, -0.15) is 4.98 Å². The monoisotopic (exact) mass is 279 g/mol. The van der Waals surface area contributed by atoms with E-state index < -0.39 is 11.6 Å². The maximum absolute atomic E-state index is 13.2. The summed E-state index contributed by atoms with van der Waals surface area (Å²) >= 11 is 0. The van der Waals surface area contributed by atoms with Crippen molar-refractivity contribution in [1.82, 2.24) is 10.1 Å². The molecule has 1 aliphatic carbocycles. The minimum atomic E-state index is -0.919. The molecule has 1 fully saturated rings. The molecule has 0 spiro atoms. The predicted octanol–water partition coefficient (Wildman–Crippen LogP) is 3.00. The second-order valence-electron chi connectivity index (χ2n) is 5.20. The Morgan fingerprint density at radius 2 is 1.85 bits per heavy atom. The van der Waals surface area contributed by atoms with Crippen molar-refractivity contribution in [3.05, 3.63) is 35.7 Å². The van der Waals surface area contributed by atoms with Crippen LogP contribution in [0.1, 0.15) is 37.5 Å². The van der Waals surface area contributed by atoms with Crippen molar-refractivity contribution in [1.29, 1.82) is 0 Å². The minimum absolute atomic E-state index is 0.210. The molecule has 2 aromatic rings. The van der Waals surface area contributed by atoms with Crippen molar-refractivity contribution in [3.8, 4) is 11.4 Å². The van der Waals surface area contributed by atoms with E-state index >= 15 is 0 Å². The lowest BCUT2D eigenvalue weighted by molar-refractivity contribution is 0.301. The molecule has 0 radical (unpaired) electrons. The minimum Gasteiger partial charge on any atom is -0.339 e. The van der Waals surface area contributed by atoms with E-state index in [9.17, 15) is 8.78 Å². The SMILES string of the molecule is NC1CCC(c2nc(-c3ccc(F)c(F)c3)no2)CC1. The highest BCUT2D eigenvalue weighted by Gasteiger charge is 2.25. The van der Waals surface area contributed by atoms with Gasteiger partial charge in [0.05, 0.1) is 0 Å². The number of benzene rings is 1. The fraction of sp³-hybridized carbons (Fsp3) is 0.429. The molecule has 1 aliphatic rings. The Kier molecular flexibility index (Phi) is 3.48. The molecule has 0 aliphatic heterocycles. The summed E-state index contributed by atoms with van der Waals surface area (Å²) in [5.74, 6) is -0.761. The maximum atomic E-state index is 13.2. The van der Waals surface area contributed by atoms with Crippen LogP contribution < -0.4 is 5.73 Å². The molecule has 0 unspecified atom stereocenters. The van der Waals surface area contributed by atoms with Gasteiger partial charge in [0, 0.05) is 17.5 Å². The summed E-state index contributed by atoms with van der Waals surface area (Å²) in [4.78, 5) is 4.29. The quantitative estimate of drug-likeness (QED) is 0.917. The molecule has 1 saturated carbocycles. The molecule has 106 valence electrons. The summed E-state index contributed by atoms with van der Waals surface area (Å²) in [6.07, 6.45) is 3.71. The molecule has 0 atom stereocenters. The first kappa shape index (κ1) is 13.2. The van der Waals surface area contributed by atoms with Crippen LogP contribution in [0.2, 0.25) is 0 Å². The van der Waals surface area contributed by atoms with Crippen LogP contribution in [0.5, 0.6) is 0 Å². The summed E-state index contributed by atoms with van der Waals surface area (Å²) in [6, 6.07) is 3.81. The lowest BCUT2D eigenvalue weighted by atomic mass is 9.86. The Labute approximate surface area is 115 Å². The van der Waals surface area contributed by atoms with Gasteiger partial charge in [-0.1, -0.05) is 5.16 Å².